The average Bonchev–Trinajstić information content (AvgIpc) is 2.83. The summed E-state index contributed by atoms with van der Waals surface area (Å²) in [6, 6.07) is 10.5. The number of rotatable bonds is 2. The molecule has 1 aliphatic rings. The zero-order valence-electron chi connectivity index (χ0n) is 8.78. The van der Waals surface area contributed by atoms with Crippen LogP contribution in [0.3, 0.4) is 0 Å². The van der Waals surface area contributed by atoms with E-state index in [1.54, 1.807) is 0 Å². The lowest BCUT2D eigenvalue weighted by molar-refractivity contribution is 0.879. The average molecular weight is 236 g/mol. The highest BCUT2D eigenvalue weighted by Crippen LogP contribution is 2.38. The van der Waals surface area contributed by atoms with Gasteiger partial charge in [0.2, 0.25) is 0 Å². The Hall–Kier alpha value is -1.32. The topological polar surface area (TPSA) is 43.8 Å². The van der Waals surface area contributed by atoms with Crippen LogP contribution in [0.15, 0.2) is 42.7 Å². The van der Waals surface area contributed by atoms with E-state index in [1.165, 1.54) is 5.56 Å². The minimum atomic E-state index is 0. The highest BCUT2D eigenvalue weighted by Gasteiger charge is 2.35. The maximum Gasteiger partial charge on any atom is 0.0645 e. The lowest BCUT2D eigenvalue weighted by atomic mass is 10.2. The van der Waals surface area contributed by atoms with Gasteiger partial charge in [0.25, 0.3) is 0 Å². The third-order valence-electron chi connectivity index (χ3n) is 2.89. The fourth-order valence-corrected chi connectivity index (χ4v) is 1.85. The molecule has 1 heterocycles. The molecule has 0 saturated heterocycles. The van der Waals surface area contributed by atoms with Gasteiger partial charge in [-0.3, -0.25) is 0 Å². The fourth-order valence-electron chi connectivity index (χ4n) is 1.85. The van der Waals surface area contributed by atoms with Crippen LogP contribution in [0.25, 0.3) is 5.69 Å². The molecule has 84 valence electrons. The quantitative estimate of drug-likeness (QED) is 0.867. The minimum Gasteiger partial charge on any atom is -0.327 e. The molecule has 4 heteroatoms. The second-order valence-electron chi connectivity index (χ2n) is 4.06. The molecule has 2 N–H and O–H groups in total. The minimum absolute atomic E-state index is 0. The number of para-hydroxylation sites is 1. The summed E-state index contributed by atoms with van der Waals surface area (Å²) in [5.41, 5.74) is 8.16. The number of halogens is 1. The lowest BCUT2D eigenvalue weighted by Gasteiger charge is -1.98. The standard InChI is InChI=1S/C12H13N3.ClH/c13-12-6-11(12)9-7-14-15(8-9)10-4-2-1-3-5-10;/h1-5,7-8,11-12H,6,13H2;1H. The molecular weight excluding hydrogens is 222 g/mol. The fraction of sp³-hybridized carbons (Fsp3) is 0.250. The van der Waals surface area contributed by atoms with Crippen molar-refractivity contribution in [3.63, 3.8) is 0 Å². The van der Waals surface area contributed by atoms with Gasteiger partial charge in [-0.05, 0) is 24.1 Å². The highest BCUT2D eigenvalue weighted by molar-refractivity contribution is 5.85. The van der Waals surface area contributed by atoms with Crippen LogP contribution in [0.1, 0.15) is 17.9 Å². The third kappa shape index (κ3) is 1.96. The predicted molar refractivity (Wildman–Crippen MR) is 66.1 cm³/mol. The summed E-state index contributed by atoms with van der Waals surface area (Å²) in [6.45, 7) is 0. The van der Waals surface area contributed by atoms with E-state index in [0.717, 1.165) is 12.1 Å². The first kappa shape index (κ1) is 11.2. The summed E-state index contributed by atoms with van der Waals surface area (Å²) in [6.07, 6.45) is 5.10. The number of aromatic nitrogens is 2. The summed E-state index contributed by atoms with van der Waals surface area (Å²) in [7, 11) is 0. The van der Waals surface area contributed by atoms with Gasteiger partial charge in [-0.1, -0.05) is 18.2 Å². The van der Waals surface area contributed by atoms with Gasteiger partial charge in [0.15, 0.2) is 0 Å². The van der Waals surface area contributed by atoms with Crippen molar-refractivity contribution in [3.8, 4) is 5.69 Å². The first-order valence-corrected chi connectivity index (χ1v) is 5.20. The Kier molecular flexibility index (Phi) is 2.99. The predicted octanol–water partition coefficient (Wildman–Crippen LogP) is 2.11. The molecule has 0 radical (unpaired) electrons. The van der Waals surface area contributed by atoms with E-state index in [-0.39, 0.29) is 12.4 Å². The molecule has 1 aromatic carbocycles. The normalized spacial score (nSPS) is 22.6. The first-order chi connectivity index (χ1) is 7.34. The SMILES string of the molecule is Cl.NC1CC1c1cnn(-c2ccccc2)c1. The highest BCUT2D eigenvalue weighted by atomic mass is 35.5. The van der Waals surface area contributed by atoms with Crippen molar-refractivity contribution in [2.45, 2.75) is 18.4 Å². The van der Waals surface area contributed by atoms with E-state index in [0.29, 0.717) is 12.0 Å². The second-order valence-corrected chi connectivity index (χ2v) is 4.06. The molecule has 2 aromatic rings. The van der Waals surface area contributed by atoms with Gasteiger partial charge >= 0.3 is 0 Å². The summed E-state index contributed by atoms with van der Waals surface area (Å²) in [4.78, 5) is 0. The molecule has 1 saturated carbocycles. The van der Waals surface area contributed by atoms with Crippen LogP contribution in [0, 0.1) is 0 Å². The molecule has 0 aliphatic heterocycles. The first-order valence-electron chi connectivity index (χ1n) is 5.20. The monoisotopic (exact) mass is 235 g/mol. The molecule has 1 aliphatic carbocycles. The van der Waals surface area contributed by atoms with Crippen molar-refractivity contribution in [3.05, 3.63) is 48.3 Å². The van der Waals surface area contributed by atoms with Gasteiger partial charge in [0.1, 0.15) is 0 Å². The van der Waals surface area contributed by atoms with Crippen LogP contribution in [-0.4, -0.2) is 15.8 Å². The molecule has 16 heavy (non-hydrogen) atoms. The molecule has 2 atom stereocenters. The van der Waals surface area contributed by atoms with Gasteiger partial charge < -0.3 is 5.73 Å². The molecule has 1 aromatic heterocycles. The van der Waals surface area contributed by atoms with Crippen LogP contribution in [0.4, 0.5) is 0 Å². The number of hydrogen-bond donors (Lipinski definition) is 1. The van der Waals surface area contributed by atoms with Gasteiger partial charge in [-0.15, -0.1) is 12.4 Å². The van der Waals surface area contributed by atoms with E-state index in [1.807, 2.05) is 41.2 Å². The van der Waals surface area contributed by atoms with Gasteiger partial charge in [0.05, 0.1) is 11.9 Å². The molecule has 0 spiro atoms. The largest absolute Gasteiger partial charge is 0.327 e. The van der Waals surface area contributed by atoms with Crippen molar-refractivity contribution >= 4 is 12.4 Å². The van der Waals surface area contributed by atoms with Gasteiger partial charge in [-0.25, -0.2) is 4.68 Å². The van der Waals surface area contributed by atoms with E-state index < -0.39 is 0 Å². The molecule has 3 nitrogen and oxygen atoms in total. The second kappa shape index (κ2) is 4.28. The van der Waals surface area contributed by atoms with Gasteiger partial charge in [0, 0.05) is 18.2 Å². The van der Waals surface area contributed by atoms with Crippen molar-refractivity contribution in [1.29, 1.82) is 0 Å². The Morgan fingerprint density at radius 3 is 2.56 bits per heavy atom. The molecule has 3 rings (SSSR count). The van der Waals surface area contributed by atoms with Crippen LogP contribution < -0.4 is 5.73 Å². The zero-order valence-corrected chi connectivity index (χ0v) is 9.60. The maximum atomic E-state index is 5.81. The number of hydrogen-bond acceptors (Lipinski definition) is 2. The van der Waals surface area contributed by atoms with Crippen LogP contribution in [0.2, 0.25) is 0 Å². The van der Waals surface area contributed by atoms with Crippen molar-refractivity contribution < 1.29 is 0 Å². The van der Waals surface area contributed by atoms with Crippen molar-refractivity contribution in [1.82, 2.24) is 9.78 Å². The lowest BCUT2D eigenvalue weighted by Crippen LogP contribution is -2.00. The summed E-state index contributed by atoms with van der Waals surface area (Å²) in [5.74, 6) is 0.530. The molecule has 0 bridgehead atoms. The summed E-state index contributed by atoms with van der Waals surface area (Å²) in [5, 5.41) is 4.34. The van der Waals surface area contributed by atoms with Crippen molar-refractivity contribution in [2.24, 2.45) is 5.73 Å². The van der Waals surface area contributed by atoms with E-state index in [9.17, 15) is 0 Å². The van der Waals surface area contributed by atoms with Crippen LogP contribution in [0.5, 0.6) is 0 Å². The Morgan fingerprint density at radius 2 is 1.94 bits per heavy atom. The van der Waals surface area contributed by atoms with E-state index >= 15 is 0 Å². The molecule has 0 amide bonds. The number of nitrogens with zero attached hydrogens (tertiary/aromatic N) is 2. The Bertz CT molecular complexity index is 466. The Morgan fingerprint density at radius 1 is 1.25 bits per heavy atom. The summed E-state index contributed by atoms with van der Waals surface area (Å²) >= 11 is 0. The van der Waals surface area contributed by atoms with E-state index in [4.69, 9.17) is 5.73 Å². The molecule has 2 unspecified atom stereocenters. The molecule has 1 fully saturated rings. The molecular formula is C12H14ClN3. The Labute approximate surface area is 101 Å². The van der Waals surface area contributed by atoms with E-state index in [2.05, 4.69) is 11.3 Å². The maximum absolute atomic E-state index is 5.81. The van der Waals surface area contributed by atoms with Gasteiger partial charge in [-0.2, -0.15) is 5.10 Å². The number of nitrogens with two attached hydrogens (primary N) is 1. The smallest absolute Gasteiger partial charge is 0.0645 e. The summed E-state index contributed by atoms with van der Waals surface area (Å²) < 4.78 is 1.90. The number of benzene rings is 1. The zero-order chi connectivity index (χ0) is 10.3. The van der Waals surface area contributed by atoms with Crippen LogP contribution >= 0.6 is 12.4 Å². The van der Waals surface area contributed by atoms with Crippen LogP contribution in [-0.2, 0) is 0 Å². The Balaban J connectivity index is 0.000000963. The third-order valence-corrected chi connectivity index (χ3v) is 2.89. The van der Waals surface area contributed by atoms with Crippen molar-refractivity contribution in [2.75, 3.05) is 0 Å².